The highest BCUT2D eigenvalue weighted by Crippen LogP contribution is 2.44. The van der Waals surface area contributed by atoms with Crippen molar-refractivity contribution in [1.82, 2.24) is 9.13 Å². The third-order valence-electron chi connectivity index (χ3n) is 11.5. The molecule has 0 bridgehead atoms. The zero-order valence-corrected chi connectivity index (χ0v) is 30.6. The summed E-state index contributed by atoms with van der Waals surface area (Å²) in [5.41, 5.74) is 12.1. The van der Waals surface area contributed by atoms with Gasteiger partial charge in [-0.1, -0.05) is 127 Å². The molecule has 0 fully saturated rings. The molecule has 12 aromatic rings. The fourth-order valence-corrected chi connectivity index (χ4v) is 10.2. The van der Waals surface area contributed by atoms with Crippen LogP contribution in [-0.4, -0.2) is 9.13 Å². The van der Waals surface area contributed by atoms with Gasteiger partial charge in [0.15, 0.2) is 0 Å². The van der Waals surface area contributed by atoms with E-state index in [0.29, 0.717) is 0 Å². The monoisotopic (exact) mass is 716 g/mol. The zero-order chi connectivity index (χ0) is 36.0. The minimum absolute atomic E-state index is 1.17. The van der Waals surface area contributed by atoms with Crippen molar-refractivity contribution in [3.05, 3.63) is 194 Å². The van der Waals surface area contributed by atoms with Crippen molar-refractivity contribution in [3.63, 3.8) is 0 Å². The van der Waals surface area contributed by atoms with Gasteiger partial charge in [0.2, 0.25) is 0 Å². The van der Waals surface area contributed by atoms with Gasteiger partial charge < -0.3 is 9.13 Å². The molecule has 0 amide bonds. The summed E-state index contributed by atoms with van der Waals surface area (Å²) in [4.78, 5) is 0. The standard InChI is InChI=1S/C52H32N2S/c1-2-14-37(15-3-1)53-45-21-9-7-18-41(45)44-30-33(26-28-47(44)53)34-25-27-42-40-17-6-10-22-46(40)54(49(42)31-34)48-32-36(29-35-13-4-5-16-38(35)48)39-20-12-24-51-52(39)43-19-8-11-23-50(43)55-51/h1-32H. The number of aromatic nitrogens is 2. The lowest BCUT2D eigenvalue weighted by Crippen LogP contribution is -1.97. The Morgan fingerprint density at radius 2 is 0.945 bits per heavy atom. The highest BCUT2D eigenvalue weighted by atomic mass is 32.1. The molecule has 55 heavy (non-hydrogen) atoms. The minimum Gasteiger partial charge on any atom is -0.309 e. The van der Waals surface area contributed by atoms with E-state index in [2.05, 4.69) is 203 Å². The van der Waals surface area contributed by atoms with Crippen LogP contribution in [0.2, 0.25) is 0 Å². The van der Waals surface area contributed by atoms with Crippen molar-refractivity contribution in [2.75, 3.05) is 0 Å². The van der Waals surface area contributed by atoms with Crippen LogP contribution in [0.3, 0.4) is 0 Å². The predicted octanol–water partition coefficient (Wildman–Crippen LogP) is 14.7. The Hall–Kier alpha value is -6.94. The van der Waals surface area contributed by atoms with Gasteiger partial charge >= 0.3 is 0 Å². The molecular formula is C52H32N2S. The van der Waals surface area contributed by atoms with Gasteiger partial charge in [0, 0.05) is 52.8 Å². The lowest BCUT2D eigenvalue weighted by atomic mass is 9.96. The second-order valence-corrected chi connectivity index (χ2v) is 15.6. The van der Waals surface area contributed by atoms with Gasteiger partial charge in [-0.15, -0.1) is 11.3 Å². The predicted molar refractivity (Wildman–Crippen MR) is 236 cm³/mol. The van der Waals surface area contributed by atoms with Crippen LogP contribution < -0.4 is 0 Å². The Labute approximate surface area is 321 Å². The first-order chi connectivity index (χ1) is 27.3. The third kappa shape index (κ3) is 4.54. The molecule has 0 spiro atoms. The van der Waals surface area contributed by atoms with Gasteiger partial charge in [-0.3, -0.25) is 0 Å². The topological polar surface area (TPSA) is 9.86 Å². The maximum Gasteiger partial charge on any atom is 0.0547 e. The van der Waals surface area contributed by atoms with Crippen LogP contribution in [0.1, 0.15) is 0 Å². The molecule has 12 rings (SSSR count). The van der Waals surface area contributed by atoms with E-state index in [1.54, 1.807) is 0 Å². The van der Waals surface area contributed by atoms with Crippen LogP contribution in [0.25, 0.3) is 108 Å². The Bertz CT molecular complexity index is 3490. The number of rotatable bonds is 4. The Morgan fingerprint density at radius 3 is 1.80 bits per heavy atom. The van der Waals surface area contributed by atoms with Crippen molar-refractivity contribution < 1.29 is 0 Å². The number of hydrogen-bond acceptors (Lipinski definition) is 1. The third-order valence-corrected chi connectivity index (χ3v) is 12.6. The molecule has 0 unspecified atom stereocenters. The lowest BCUT2D eigenvalue weighted by Gasteiger charge is -2.15. The SMILES string of the molecule is c1ccc(-n2c3ccccc3c3cc(-c4ccc5c6ccccc6n(-c6cc(-c7cccc8sc9ccccc9c78)cc7ccccc67)c5c4)ccc32)cc1. The Kier molecular flexibility index (Phi) is 6.54. The zero-order valence-electron chi connectivity index (χ0n) is 29.8. The summed E-state index contributed by atoms with van der Waals surface area (Å²) in [6, 6.07) is 71.5. The molecule has 0 N–H and O–H groups in total. The van der Waals surface area contributed by atoms with Crippen LogP contribution in [0.4, 0.5) is 0 Å². The molecule has 3 heterocycles. The maximum absolute atomic E-state index is 2.51. The molecule has 256 valence electrons. The van der Waals surface area contributed by atoms with Crippen LogP contribution in [-0.2, 0) is 0 Å². The van der Waals surface area contributed by atoms with Gasteiger partial charge in [-0.05, 0) is 94.4 Å². The first-order valence-electron chi connectivity index (χ1n) is 18.8. The van der Waals surface area contributed by atoms with Gasteiger partial charge in [-0.25, -0.2) is 0 Å². The molecule has 0 radical (unpaired) electrons. The molecule has 0 aliphatic rings. The lowest BCUT2D eigenvalue weighted by molar-refractivity contribution is 1.18. The second-order valence-electron chi connectivity index (χ2n) is 14.5. The summed E-state index contributed by atoms with van der Waals surface area (Å²) in [6.07, 6.45) is 0. The summed E-state index contributed by atoms with van der Waals surface area (Å²) in [6.45, 7) is 0. The van der Waals surface area contributed by atoms with Crippen molar-refractivity contribution in [1.29, 1.82) is 0 Å². The fourth-order valence-electron chi connectivity index (χ4n) is 9.06. The van der Waals surface area contributed by atoms with E-state index in [1.807, 2.05) is 11.3 Å². The van der Waals surface area contributed by atoms with E-state index in [0.717, 1.165) is 0 Å². The molecule has 2 nitrogen and oxygen atoms in total. The number of para-hydroxylation sites is 3. The van der Waals surface area contributed by atoms with Gasteiger partial charge in [-0.2, -0.15) is 0 Å². The van der Waals surface area contributed by atoms with Crippen molar-refractivity contribution in [3.8, 4) is 33.6 Å². The first-order valence-corrected chi connectivity index (χ1v) is 19.7. The van der Waals surface area contributed by atoms with E-state index >= 15 is 0 Å². The van der Waals surface area contributed by atoms with Gasteiger partial charge in [0.25, 0.3) is 0 Å². The van der Waals surface area contributed by atoms with Gasteiger partial charge in [0.05, 0.1) is 27.8 Å². The average molecular weight is 717 g/mol. The average Bonchev–Trinajstić information content (AvgIpc) is 3.91. The van der Waals surface area contributed by atoms with Crippen LogP contribution >= 0.6 is 11.3 Å². The summed E-state index contributed by atoms with van der Waals surface area (Å²) in [7, 11) is 0. The minimum atomic E-state index is 1.17. The first kappa shape index (κ1) is 30.5. The molecular weight excluding hydrogens is 685 g/mol. The van der Waals surface area contributed by atoms with E-state index in [1.165, 1.54) is 108 Å². The van der Waals surface area contributed by atoms with E-state index in [4.69, 9.17) is 0 Å². The van der Waals surface area contributed by atoms with Crippen molar-refractivity contribution >= 4 is 85.9 Å². The second kappa shape index (κ2) is 11.8. The van der Waals surface area contributed by atoms with E-state index < -0.39 is 0 Å². The molecule has 9 aromatic carbocycles. The van der Waals surface area contributed by atoms with E-state index in [9.17, 15) is 0 Å². The summed E-state index contributed by atoms with van der Waals surface area (Å²) >= 11 is 1.87. The van der Waals surface area contributed by atoms with Crippen molar-refractivity contribution in [2.45, 2.75) is 0 Å². The van der Waals surface area contributed by atoms with Gasteiger partial charge in [0.1, 0.15) is 0 Å². The fraction of sp³-hybridized carbons (Fsp3) is 0. The molecule has 3 heteroatoms. The quantitative estimate of drug-likeness (QED) is 0.172. The summed E-state index contributed by atoms with van der Waals surface area (Å²) in [5.74, 6) is 0. The molecule has 0 atom stereocenters. The van der Waals surface area contributed by atoms with Crippen LogP contribution in [0, 0.1) is 0 Å². The molecule has 0 aliphatic carbocycles. The molecule has 0 saturated heterocycles. The van der Waals surface area contributed by atoms with E-state index in [-0.39, 0.29) is 0 Å². The smallest absolute Gasteiger partial charge is 0.0547 e. The van der Waals surface area contributed by atoms with Crippen LogP contribution in [0.15, 0.2) is 194 Å². The number of fused-ring (bicyclic) bond motifs is 10. The highest BCUT2D eigenvalue weighted by molar-refractivity contribution is 7.25. The molecule has 0 aliphatic heterocycles. The molecule has 0 saturated carbocycles. The van der Waals surface area contributed by atoms with Crippen molar-refractivity contribution in [2.24, 2.45) is 0 Å². The number of thiophene rings is 1. The summed E-state index contributed by atoms with van der Waals surface area (Å²) in [5, 5.41) is 10.1. The maximum atomic E-state index is 2.51. The largest absolute Gasteiger partial charge is 0.309 e. The normalized spacial score (nSPS) is 12.0. The number of nitrogens with zero attached hydrogens (tertiary/aromatic N) is 2. The van der Waals surface area contributed by atoms with Crippen LogP contribution in [0.5, 0.6) is 0 Å². The molecule has 3 aromatic heterocycles. The Morgan fingerprint density at radius 1 is 0.327 bits per heavy atom. The Balaban J connectivity index is 1.11. The highest BCUT2D eigenvalue weighted by Gasteiger charge is 2.19. The summed E-state index contributed by atoms with van der Waals surface area (Å²) < 4.78 is 7.53. The number of benzene rings is 9. The number of hydrogen-bond donors (Lipinski definition) is 0.